The summed E-state index contributed by atoms with van der Waals surface area (Å²) in [6, 6.07) is 15.5. The van der Waals surface area contributed by atoms with Crippen molar-refractivity contribution in [2.24, 2.45) is 0 Å². The Morgan fingerprint density at radius 3 is 2.59 bits per heavy atom. The SMILES string of the molecule is CCCCN(Cc1ccc(-c2ccccc2-c2nn[nH]n2)cc1)C(=O)NC=C=O. The summed E-state index contributed by atoms with van der Waals surface area (Å²) in [4.78, 5) is 24.3. The first-order valence-corrected chi connectivity index (χ1v) is 9.40. The molecule has 0 saturated carbocycles. The minimum Gasteiger partial charge on any atom is -0.320 e. The van der Waals surface area contributed by atoms with Gasteiger partial charge in [0.05, 0.1) is 6.20 Å². The van der Waals surface area contributed by atoms with Crippen molar-refractivity contribution >= 4 is 12.0 Å². The lowest BCUT2D eigenvalue weighted by Gasteiger charge is -2.22. The van der Waals surface area contributed by atoms with Crippen molar-refractivity contribution in [3.05, 3.63) is 60.3 Å². The van der Waals surface area contributed by atoms with Gasteiger partial charge in [-0.1, -0.05) is 61.9 Å². The number of benzene rings is 2. The number of carbonyl (C=O) groups is 1. The summed E-state index contributed by atoms with van der Waals surface area (Å²) in [5.41, 5.74) is 3.89. The molecule has 8 nitrogen and oxygen atoms in total. The van der Waals surface area contributed by atoms with Gasteiger partial charge in [-0.15, -0.1) is 10.2 Å². The Morgan fingerprint density at radius 2 is 1.93 bits per heavy atom. The number of rotatable bonds is 8. The average Bonchev–Trinajstić information content (AvgIpc) is 3.30. The van der Waals surface area contributed by atoms with Gasteiger partial charge in [-0.05, 0) is 28.3 Å². The second-order valence-electron chi connectivity index (χ2n) is 6.46. The minimum atomic E-state index is -0.312. The fraction of sp³-hybridized carbons (Fsp3) is 0.238. The third-order valence-corrected chi connectivity index (χ3v) is 4.48. The van der Waals surface area contributed by atoms with Crippen LogP contribution in [0.4, 0.5) is 4.79 Å². The molecular weight excluding hydrogens is 368 g/mol. The van der Waals surface area contributed by atoms with Gasteiger partial charge in [-0.2, -0.15) is 5.21 Å². The fourth-order valence-corrected chi connectivity index (χ4v) is 3.00. The Hall–Kier alpha value is -3.77. The number of nitrogens with zero attached hydrogens (tertiary/aromatic N) is 4. The largest absolute Gasteiger partial charge is 0.322 e. The third kappa shape index (κ3) is 5.15. The molecule has 3 rings (SSSR count). The molecule has 0 atom stereocenters. The molecule has 29 heavy (non-hydrogen) atoms. The molecule has 148 valence electrons. The van der Waals surface area contributed by atoms with Crippen LogP contribution in [0.5, 0.6) is 0 Å². The lowest BCUT2D eigenvalue weighted by molar-refractivity contribution is 0.198. The Morgan fingerprint density at radius 1 is 1.17 bits per heavy atom. The zero-order valence-corrected chi connectivity index (χ0v) is 16.1. The normalized spacial score (nSPS) is 10.2. The summed E-state index contributed by atoms with van der Waals surface area (Å²) in [6.45, 7) is 3.13. The van der Waals surface area contributed by atoms with Crippen molar-refractivity contribution in [3.8, 4) is 22.5 Å². The zero-order valence-electron chi connectivity index (χ0n) is 16.1. The maximum absolute atomic E-state index is 12.3. The highest BCUT2D eigenvalue weighted by molar-refractivity contribution is 5.80. The zero-order chi connectivity index (χ0) is 20.5. The van der Waals surface area contributed by atoms with Crippen LogP contribution in [0.25, 0.3) is 22.5 Å². The molecule has 2 aromatic carbocycles. The smallest absolute Gasteiger partial charge is 0.320 e. The molecule has 0 aliphatic carbocycles. The second kappa shape index (κ2) is 9.96. The van der Waals surface area contributed by atoms with Crippen molar-refractivity contribution in [3.63, 3.8) is 0 Å². The molecule has 1 heterocycles. The second-order valence-corrected chi connectivity index (χ2v) is 6.46. The maximum atomic E-state index is 12.3. The number of hydrogen-bond donors (Lipinski definition) is 2. The monoisotopic (exact) mass is 390 g/mol. The van der Waals surface area contributed by atoms with Crippen LogP contribution < -0.4 is 5.32 Å². The van der Waals surface area contributed by atoms with Crippen LogP contribution in [-0.4, -0.2) is 44.0 Å². The predicted octanol–water partition coefficient (Wildman–Crippen LogP) is 3.19. The van der Waals surface area contributed by atoms with Crippen LogP contribution in [0.2, 0.25) is 0 Å². The van der Waals surface area contributed by atoms with E-state index in [0.717, 1.165) is 41.3 Å². The molecule has 2 N–H and O–H groups in total. The number of urea groups is 1. The summed E-state index contributed by atoms with van der Waals surface area (Å²) in [6.07, 6.45) is 2.84. The van der Waals surface area contributed by atoms with Crippen LogP contribution in [0, 0.1) is 0 Å². The number of hydrogen-bond acceptors (Lipinski definition) is 5. The first-order valence-electron chi connectivity index (χ1n) is 9.40. The topological polar surface area (TPSA) is 104 Å². The predicted molar refractivity (Wildman–Crippen MR) is 109 cm³/mol. The maximum Gasteiger partial charge on any atom is 0.322 e. The van der Waals surface area contributed by atoms with Crippen LogP contribution in [0.1, 0.15) is 25.3 Å². The van der Waals surface area contributed by atoms with Crippen molar-refractivity contribution in [1.29, 1.82) is 0 Å². The van der Waals surface area contributed by atoms with E-state index in [1.54, 1.807) is 10.8 Å². The number of nitrogens with one attached hydrogen (secondary N) is 2. The molecule has 2 amide bonds. The van der Waals surface area contributed by atoms with Gasteiger partial charge in [0.15, 0.2) is 0 Å². The van der Waals surface area contributed by atoms with Gasteiger partial charge in [-0.3, -0.25) is 0 Å². The van der Waals surface area contributed by atoms with Gasteiger partial charge in [0.1, 0.15) is 5.94 Å². The van der Waals surface area contributed by atoms with Gasteiger partial charge < -0.3 is 10.2 Å². The van der Waals surface area contributed by atoms with Gasteiger partial charge in [-0.25, -0.2) is 9.59 Å². The summed E-state index contributed by atoms with van der Waals surface area (Å²) in [5.74, 6) is 2.10. The molecule has 0 bridgehead atoms. The van der Waals surface area contributed by atoms with E-state index in [4.69, 9.17) is 0 Å². The lowest BCUT2D eigenvalue weighted by Crippen LogP contribution is -2.37. The van der Waals surface area contributed by atoms with E-state index in [-0.39, 0.29) is 6.03 Å². The molecule has 0 unspecified atom stereocenters. The molecule has 0 aliphatic rings. The molecule has 0 radical (unpaired) electrons. The molecule has 0 spiro atoms. The quantitative estimate of drug-likeness (QED) is 0.575. The standard InChI is InChI=1S/C21H22N6O2/c1-2-3-13-27(21(29)22-12-14-28)15-16-8-10-17(11-9-16)18-6-4-5-7-19(18)20-23-25-26-24-20/h4-12H,2-3,13,15H2,1H3,(H,22,29)(H,23,24,25,26). The van der Waals surface area contributed by atoms with E-state index in [0.29, 0.717) is 18.9 Å². The van der Waals surface area contributed by atoms with Crippen molar-refractivity contribution in [1.82, 2.24) is 30.8 Å². The summed E-state index contributed by atoms with van der Waals surface area (Å²) >= 11 is 0. The minimum absolute atomic E-state index is 0.312. The highest BCUT2D eigenvalue weighted by atomic mass is 16.2. The number of carbonyl (C=O) groups excluding carboxylic acids is 2. The number of aromatic nitrogens is 4. The Balaban J connectivity index is 1.79. The number of H-pyrrole nitrogens is 1. The molecule has 8 heteroatoms. The highest BCUT2D eigenvalue weighted by Gasteiger charge is 2.14. The van der Waals surface area contributed by atoms with Crippen molar-refractivity contribution in [2.75, 3.05) is 6.54 Å². The molecule has 3 aromatic rings. The Kier molecular flexibility index (Phi) is 6.86. The summed E-state index contributed by atoms with van der Waals surface area (Å²) in [7, 11) is 0. The van der Waals surface area contributed by atoms with E-state index < -0.39 is 0 Å². The molecular formula is C21H22N6O2. The van der Waals surface area contributed by atoms with Gasteiger partial charge >= 0.3 is 6.03 Å². The molecule has 0 aliphatic heterocycles. The van der Waals surface area contributed by atoms with E-state index in [2.05, 4.69) is 32.9 Å². The van der Waals surface area contributed by atoms with Crippen LogP contribution in [0.3, 0.4) is 0 Å². The summed E-state index contributed by atoms with van der Waals surface area (Å²) in [5, 5.41) is 16.7. The third-order valence-electron chi connectivity index (χ3n) is 4.48. The van der Waals surface area contributed by atoms with E-state index in [1.165, 1.54) is 0 Å². The molecule has 0 saturated heterocycles. The van der Waals surface area contributed by atoms with Crippen LogP contribution in [0.15, 0.2) is 54.7 Å². The van der Waals surface area contributed by atoms with Crippen molar-refractivity contribution in [2.45, 2.75) is 26.3 Å². The Labute approximate surface area is 168 Å². The van der Waals surface area contributed by atoms with Crippen LogP contribution in [-0.2, 0) is 11.3 Å². The number of amides is 2. The number of aromatic amines is 1. The van der Waals surface area contributed by atoms with Crippen molar-refractivity contribution < 1.29 is 9.59 Å². The number of tetrazole rings is 1. The van der Waals surface area contributed by atoms with E-state index in [9.17, 15) is 9.59 Å². The van der Waals surface area contributed by atoms with E-state index >= 15 is 0 Å². The van der Waals surface area contributed by atoms with Crippen LogP contribution >= 0.6 is 0 Å². The average molecular weight is 390 g/mol. The summed E-state index contributed by atoms with van der Waals surface area (Å²) < 4.78 is 0. The molecule has 0 fully saturated rings. The Bertz CT molecular complexity index is 979. The first kappa shape index (κ1) is 20.0. The van der Waals surface area contributed by atoms with E-state index in [1.807, 2.05) is 48.5 Å². The van der Waals surface area contributed by atoms with Gasteiger partial charge in [0, 0.05) is 18.7 Å². The lowest BCUT2D eigenvalue weighted by atomic mass is 9.98. The van der Waals surface area contributed by atoms with Gasteiger partial charge in [0.2, 0.25) is 5.82 Å². The fourth-order valence-electron chi connectivity index (χ4n) is 3.00. The molecule has 1 aromatic heterocycles. The first-order chi connectivity index (χ1) is 14.2. The van der Waals surface area contributed by atoms with Gasteiger partial charge in [0.25, 0.3) is 0 Å². The highest BCUT2D eigenvalue weighted by Crippen LogP contribution is 2.29. The number of unbranched alkanes of at least 4 members (excludes halogenated alkanes) is 1.